The van der Waals surface area contributed by atoms with Gasteiger partial charge in [0, 0.05) is 12.6 Å². The molecule has 0 bridgehead atoms. The van der Waals surface area contributed by atoms with Crippen LogP contribution in [0.1, 0.15) is 21.6 Å². The van der Waals surface area contributed by atoms with Crippen molar-refractivity contribution < 1.29 is 13.9 Å². The van der Waals surface area contributed by atoms with E-state index in [1.165, 1.54) is 12.7 Å². The van der Waals surface area contributed by atoms with Crippen molar-refractivity contribution in [3.63, 3.8) is 0 Å². The zero-order valence-electron chi connectivity index (χ0n) is 12.9. The van der Waals surface area contributed by atoms with Crippen molar-refractivity contribution in [3.8, 4) is 11.5 Å². The average molecular weight is 338 g/mol. The number of methoxy groups -OCH3 is 1. The number of thiophene rings is 1. The van der Waals surface area contributed by atoms with Crippen LogP contribution < -0.4 is 0 Å². The number of carbonyl (C=O) groups is 1. The van der Waals surface area contributed by atoms with E-state index in [1.54, 1.807) is 29.9 Å². The Morgan fingerprint density at radius 3 is 2.96 bits per heavy atom. The number of furan rings is 1. The van der Waals surface area contributed by atoms with Gasteiger partial charge in [-0.1, -0.05) is 0 Å². The molecule has 4 aromatic rings. The highest BCUT2D eigenvalue weighted by molar-refractivity contribution is 7.07. The predicted molar refractivity (Wildman–Crippen MR) is 91.4 cm³/mol. The molecule has 0 aliphatic rings. The summed E-state index contributed by atoms with van der Waals surface area (Å²) in [6.45, 7) is 0. The maximum Gasteiger partial charge on any atom is 0.339 e. The van der Waals surface area contributed by atoms with Crippen molar-refractivity contribution >= 4 is 23.0 Å². The molecule has 5 nitrogen and oxygen atoms in total. The molecule has 0 fully saturated rings. The first-order valence-corrected chi connectivity index (χ1v) is 8.35. The Hall–Kier alpha value is -2.86. The molecule has 0 saturated carbocycles. The summed E-state index contributed by atoms with van der Waals surface area (Å²) in [6, 6.07) is 9.35. The standard InChI is InChI=1S/C18H14N2O3S/c1-22-18(21)13-4-5-16-19-17(15-3-2-7-23-15)14(20(16)10-13)9-12-6-8-24-11-12/h2-8,10-11H,9H2,1H3. The molecule has 0 unspecified atom stereocenters. The fraction of sp³-hybridized carbons (Fsp3) is 0.111. The molecular weight excluding hydrogens is 324 g/mol. The number of carbonyl (C=O) groups excluding carboxylic acids is 1. The van der Waals surface area contributed by atoms with E-state index >= 15 is 0 Å². The molecule has 4 rings (SSSR count). The second-order valence-electron chi connectivity index (χ2n) is 5.33. The highest BCUT2D eigenvalue weighted by Crippen LogP contribution is 2.28. The third-order valence-electron chi connectivity index (χ3n) is 3.84. The normalized spacial score (nSPS) is 11.0. The van der Waals surface area contributed by atoms with E-state index in [0.29, 0.717) is 17.7 Å². The van der Waals surface area contributed by atoms with Crippen molar-refractivity contribution in [2.45, 2.75) is 6.42 Å². The number of pyridine rings is 1. The van der Waals surface area contributed by atoms with Crippen molar-refractivity contribution in [3.05, 3.63) is 70.4 Å². The number of hydrogen-bond donors (Lipinski definition) is 0. The van der Waals surface area contributed by atoms with Gasteiger partial charge in [-0.15, -0.1) is 0 Å². The first kappa shape index (κ1) is 14.7. The van der Waals surface area contributed by atoms with Gasteiger partial charge in [-0.25, -0.2) is 9.78 Å². The van der Waals surface area contributed by atoms with Gasteiger partial charge >= 0.3 is 5.97 Å². The summed E-state index contributed by atoms with van der Waals surface area (Å²) in [5.41, 5.74) is 4.20. The number of fused-ring (bicyclic) bond motifs is 1. The summed E-state index contributed by atoms with van der Waals surface area (Å²) in [4.78, 5) is 16.5. The Kier molecular flexibility index (Phi) is 3.66. The summed E-state index contributed by atoms with van der Waals surface area (Å²) < 4.78 is 12.3. The van der Waals surface area contributed by atoms with E-state index in [4.69, 9.17) is 9.15 Å². The van der Waals surface area contributed by atoms with Gasteiger partial charge in [0.15, 0.2) is 5.76 Å². The topological polar surface area (TPSA) is 56.7 Å². The van der Waals surface area contributed by atoms with Crippen LogP contribution in [-0.4, -0.2) is 22.5 Å². The number of nitrogens with zero attached hydrogens (tertiary/aromatic N) is 2. The molecule has 0 aromatic carbocycles. The summed E-state index contributed by atoms with van der Waals surface area (Å²) >= 11 is 1.65. The van der Waals surface area contributed by atoms with Gasteiger partial charge in [0.05, 0.1) is 24.6 Å². The van der Waals surface area contributed by atoms with Crippen LogP contribution in [0.3, 0.4) is 0 Å². The van der Waals surface area contributed by atoms with E-state index in [1.807, 2.05) is 28.0 Å². The highest BCUT2D eigenvalue weighted by Gasteiger charge is 2.18. The molecule has 0 spiro atoms. The molecule has 4 heterocycles. The van der Waals surface area contributed by atoms with Gasteiger partial charge in [0.2, 0.25) is 0 Å². The summed E-state index contributed by atoms with van der Waals surface area (Å²) in [6.07, 6.45) is 4.10. The predicted octanol–water partition coefficient (Wildman–Crippen LogP) is 4.03. The lowest BCUT2D eigenvalue weighted by atomic mass is 10.1. The van der Waals surface area contributed by atoms with Crippen molar-refractivity contribution in [2.75, 3.05) is 7.11 Å². The van der Waals surface area contributed by atoms with Crippen LogP contribution in [0, 0.1) is 0 Å². The van der Waals surface area contributed by atoms with Crippen LogP contribution in [0.15, 0.2) is 58.0 Å². The summed E-state index contributed by atoms with van der Waals surface area (Å²) in [5.74, 6) is 0.343. The number of imidazole rings is 1. The van der Waals surface area contributed by atoms with Crippen molar-refractivity contribution in [1.82, 2.24) is 9.38 Å². The molecule has 24 heavy (non-hydrogen) atoms. The Bertz CT molecular complexity index is 985. The number of ether oxygens (including phenoxy) is 1. The molecule has 0 N–H and O–H groups in total. The zero-order valence-corrected chi connectivity index (χ0v) is 13.7. The molecule has 0 radical (unpaired) electrons. The van der Waals surface area contributed by atoms with E-state index in [-0.39, 0.29) is 5.97 Å². The quantitative estimate of drug-likeness (QED) is 0.527. The number of rotatable bonds is 4. The van der Waals surface area contributed by atoms with Gasteiger partial charge in [-0.3, -0.25) is 0 Å². The minimum Gasteiger partial charge on any atom is -0.465 e. The minimum atomic E-state index is -0.369. The molecule has 0 atom stereocenters. The smallest absolute Gasteiger partial charge is 0.339 e. The molecule has 0 aliphatic heterocycles. The molecule has 0 saturated heterocycles. The zero-order chi connectivity index (χ0) is 16.5. The third kappa shape index (κ3) is 2.51. The van der Waals surface area contributed by atoms with Gasteiger partial charge in [-0.05, 0) is 46.7 Å². The van der Waals surface area contributed by atoms with Gasteiger partial charge in [0.25, 0.3) is 0 Å². The lowest BCUT2D eigenvalue weighted by molar-refractivity contribution is 0.0600. The SMILES string of the molecule is COC(=O)c1ccc2nc(-c3ccco3)c(Cc3ccsc3)n2c1. The van der Waals surface area contributed by atoms with Crippen molar-refractivity contribution in [1.29, 1.82) is 0 Å². The van der Waals surface area contributed by atoms with E-state index in [2.05, 4.69) is 16.4 Å². The van der Waals surface area contributed by atoms with Crippen LogP contribution in [0.25, 0.3) is 17.1 Å². The van der Waals surface area contributed by atoms with Crippen LogP contribution >= 0.6 is 11.3 Å². The van der Waals surface area contributed by atoms with Gasteiger partial charge in [-0.2, -0.15) is 11.3 Å². The maximum atomic E-state index is 11.8. The fourth-order valence-corrected chi connectivity index (χ4v) is 3.37. The Morgan fingerprint density at radius 2 is 2.25 bits per heavy atom. The van der Waals surface area contributed by atoms with Crippen molar-refractivity contribution in [2.24, 2.45) is 0 Å². The molecule has 120 valence electrons. The number of aromatic nitrogens is 2. The summed E-state index contributed by atoms with van der Waals surface area (Å²) in [7, 11) is 1.38. The Morgan fingerprint density at radius 1 is 1.33 bits per heavy atom. The Labute approximate surface area is 142 Å². The van der Waals surface area contributed by atoms with Gasteiger partial charge < -0.3 is 13.6 Å². The first-order chi connectivity index (χ1) is 11.8. The van der Waals surface area contributed by atoms with Crippen LogP contribution in [0.4, 0.5) is 0 Å². The lowest BCUT2D eigenvalue weighted by Gasteiger charge is -2.05. The monoisotopic (exact) mass is 338 g/mol. The fourth-order valence-electron chi connectivity index (χ4n) is 2.70. The molecular formula is C18H14N2O3S. The van der Waals surface area contributed by atoms with E-state index < -0.39 is 0 Å². The Balaban J connectivity index is 1.92. The number of esters is 1. The number of hydrogen-bond acceptors (Lipinski definition) is 5. The van der Waals surface area contributed by atoms with Crippen LogP contribution in [0.2, 0.25) is 0 Å². The second-order valence-corrected chi connectivity index (χ2v) is 6.11. The van der Waals surface area contributed by atoms with Crippen LogP contribution in [-0.2, 0) is 11.2 Å². The average Bonchev–Trinajstić information content (AvgIpc) is 3.35. The summed E-state index contributed by atoms with van der Waals surface area (Å²) in [5, 5.41) is 4.15. The maximum absolute atomic E-state index is 11.8. The lowest BCUT2D eigenvalue weighted by Crippen LogP contribution is -2.04. The third-order valence-corrected chi connectivity index (χ3v) is 4.58. The first-order valence-electron chi connectivity index (χ1n) is 7.40. The minimum absolute atomic E-state index is 0.369. The van der Waals surface area contributed by atoms with Crippen LogP contribution in [0.5, 0.6) is 0 Å². The van der Waals surface area contributed by atoms with E-state index in [9.17, 15) is 4.79 Å². The van der Waals surface area contributed by atoms with Gasteiger partial charge in [0.1, 0.15) is 11.3 Å². The molecule has 0 amide bonds. The molecule has 4 aromatic heterocycles. The highest BCUT2D eigenvalue weighted by atomic mass is 32.1. The molecule has 6 heteroatoms. The largest absolute Gasteiger partial charge is 0.465 e. The second kappa shape index (κ2) is 5.98. The van der Waals surface area contributed by atoms with E-state index in [0.717, 1.165) is 17.0 Å². The molecule has 0 aliphatic carbocycles.